The summed E-state index contributed by atoms with van der Waals surface area (Å²) in [5, 5.41) is 23.7. The van der Waals surface area contributed by atoms with E-state index in [1.54, 1.807) is 15.5 Å². The molecule has 1 aliphatic rings. The molecule has 1 fully saturated rings. The van der Waals surface area contributed by atoms with Gasteiger partial charge in [-0.15, -0.1) is 0 Å². The molecule has 3 heterocycles. The van der Waals surface area contributed by atoms with Crippen molar-refractivity contribution < 1.29 is 19.4 Å². The molecule has 0 bridgehead atoms. The summed E-state index contributed by atoms with van der Waals surface area (Å²) in [6.07, 6.45) is 6.53. The van der Waals surface area contributed by atoms with Crippen molar-refractivity contribution in [3.8, 4) is 0 Å². The molecule has 13 nitrogen and oxygen atoms in total. The Labute approximate surface area is 258 Å². The van der Waals surface area contributed by atoms with Gasteiger partial charge in [-0.25, -0.2) is 0 Å². The lowest BCUT2D eigenvalue weighted by Gasteiger charge is -2.34. The van der Waals surface area contributed by atoms with Crippen molar-refractivity contribution in [1.82, 2.24) is 29.4 Å². The maximum Gasteiger partial charge on any atom is 0.249 e. The number of nitrogens with zero attached hydrogens (tertiary/aromatic N) is 6. The summed E-state index contributed by atoms with van der Waals surface area (Å²) in [5.74, 6) is 0.697. The zero-order valence-corrected chi connectivity index (χ0v) is 26.3. The quantitative estimate of drug-likeness (QED) is 0.202. The standard InChI is InChI=1S/C31H45N9O4/c1-6-23(12-15-41)35-30-36-28-25(21(2)3)19-33-40(28)31(37-30)32-18-22-9-7-10-24(17-22)34-29(43)26-20-44-16-14-39(26)27(42)11-8-13-38(4)5/h7-11,17,19,21,23,26,41H,6,12-16,18,20H2,1-5H3,(H,34,43)(H2,32,35,36,37)/b11-8+. The Bertz CT molecular complexity index is 1440. The highest BCUT2D eigenvalue weighted by atomic mass is 16.5. The number of amides is 2. The zero-order chi connectivity index (χ0) is 31.6. The lowest BCUT2D eigenvalue weighted by atomic mass is 10.1. The predicted molar refractivity (Wildman–Crippen MR) is 171 cm³/mol. The summed E-state index contributed by atoms with van der Waals surface area (Å²) in [5.41, 5.74) is 3.24. The van der Waals surface area contributed by atoms with Crippen LogP contribution in [0, 0.1) is 0 Å². The fraction of sp³-hybridized carbons (Fsp3) is 0.516. The SMILES string of the molecule is CCC(CCO)Nc1nc(NCc2cccc(NC(=O)C3COCCN3C(=O)/C=C/CN(C)C)c2)n2ncc(C(C)C)c2n1. The van der Waals surface area contributed by atoms with Crippen molar-refractivity contribution in [2.45, 2.75) is 58.2 Å². The molecule has 2 unspecified atom stereocenters. The number of fused-ring (bicyclic) bond motifs is 1. The highest BCUT2D eigenvalue weighted by Crippen LogP contribution is 2.23. The molecule has 1 aromatic carbocycles. The molecule has 3 aromatic rings. The minimum atomic E-state index is -0.727. The molecule has 1 saturated heterocycles. The van der Waals surface area contributed by atoms with Gasteiger partial charge in [0.05, 0.1) is 19.4 Å². The van der Waals surface area contributed by atoms with Crippen LogP contribution in [0.5, 0.6) is 0 Å². The molecule has 2 aromatic heterocycles. The van der Waals surface area contributed by atoms with E-state index in [-0.39, 0.29) is 37.0 Å². The summed E-state index contributed by atoms with van der Waals surface area (Å²) < 4.78 is 7.24. The molecule has 13 heteroatoms. The molecule has 0 aliphatic carbocycles. The molecule has 0 spiro atoms. The number of aliphatic hydroxyl groups is 1. The lowest BCUT2D eigenvalue weighted by molar-refractivity contribution is -0.142. The number of carbonyl (C=O) groups excluding carboxylic acids is 2. The van der Waals surface area contributed by atoms with Crippen LogP contribution in [0.3, 0.4) is 0 Å². The lowest BCUT2D eigenvalue weighted by Crippen LogP contribution is -2.53. The van der Waals surface area contributed by atoms with Gasteiger partial charge in [-0.1, -0.05) is 39.0 Å². The first kappa shape index (κ1) is 32.8. The summed E-state index contributed by atoms with van der Waals surface area (Å²) in [7, 11) is 3.85. The van der Waals surface area contributed by atoms with Crippen LogP contribution in [0.4, 0.5) is 17.6 Å². The second-order valence-electron chi connectivity index (χ2n) is 11.5. The number of hydrogen-bond acceptors (Lipinski definition) is 10. The third kappa shape index (κ3) is 8.52. The third-order valence-corrected chi connectivity index (χ3v) is 7.41. The molecule has 4 N–H and O–H groups in total. The Morgan fingerprint density at radius 3 is 2.80 bits per heavy atom. The van der Waals surface area contributed by atoms with Crippen LogP contribution in [-0.4, -0.2) is 105 Å². The number of hydrogen-bond donors (Lipinski definition) is 4. The monoisotopic (exact) mass is 607 g/mol. The normalized spacial score (nSPS) is 16.2. The first-order chi connectivity index (χ1) is 21.2. The van der Waals surface area contributed by atoms with Crippen molar-refractivity contribution >= 4 is 35.0 Å². The molecule has 4 rings (SSSR count). The second-order valence-corrected chi connectivity index (χ2v) is 11.5. The van der Waals surface area contributed by atoms with Gasteiger partial charge in [-0.05, 0) is 50.6 Å². The van der Waals surface area contributed by atoms with Crippen molar-refractivity contribution in [2.75, 3.05) is 63.0 Å². The van der Waals surface area contributed by atoms with Gasteiger partial charge in [-0.3, -0.25) is 9.59 Å². The first-order valence-corrected chi connectivity index (χ1v) is 15.2. The average Bonchev–Trinajstić information content (AvgIpc) is 3.44. The second kappa shape index (κ2) is 15.6. The van der Waals surface area contributed by atoms with Gasteiger partial charge in [0.25, 0.3) is 0 Å². The van der Waals surface area contributed by atoms with Gasteiger partial charge < -0.3 is 35.6 Å². The Morgan fingerprint density at radius 2 is 2.07 bits per heavy atom. The predicted octanol–water partition coefficient (Wildman–Crippen LogP) is 2.72. The van der Waals surface area contributed by atoms with E-state index in [1.807, 2.05) is 49.5 Å². The third-order valence-electron chi connectivity index (χ3n) is 7.41. The van der Waals surface area contributed by atoms with E-state index in [0.717, 1.165) is 17.5 Å². The fourth-order valence-electron chi connectivity index (χ4n) is 4.91. The van der Waals surface area contributed by atoms with Gasteiger partial charge >= 0.3 is 0 Å². The number of morpholine rings is 1. The topological polar surface area (TPSA) is 149 Å². The Hall–Kier alpha value is -4.07. The number of aliphatic hydroxyl groups excluding tert-OH is 1. The Balaban J connectivity index is 1.48. The summed E-state index contributed by atoms with van der Waals surface area (Å²) in [4.78, 5) is 39.1. The van der Waals surface area contributed by atoms with Crippen molar-refractivity contribution in [1.29, 1.82) is 0 Å². The molecule has 1 aliphatic heterocycles. The van der Waals surface area contributed by atoms with Gasteiger partial charge in [-0.2, -0.15) is 19.6 Å². The Morgan fingerprint density at radius 1 is 1.25 bits per heavy atom. The summed E-state index contributed by atoms with van der Waals surface area (Å²) in [6, 6.07) is 6.82. The molecule has 0 saturated carbocycles. The summed E-state index contributed by atoms with van der Waals surface area (Å²) >= 11 is 0. The number of benzene rings is 1. The smallest absolute Gasteiger partial charge is 0.249 e. The van der Waals surface area contributed by atoms with Crippen molar-refractivity contribution in [3.05, 3.63) is 53.7 Å². The number of aromatic nitrogens is 4. The first-order valence-electron chi connectivity index (χ1n) is 15.2. The fourth-order valence-corrected chi connectivity index (χ4v) is 4.91. The van der Waals surface area contributed by atoms with E-state index in [2.05, 4.69) is 41.8 Å². The zero-order valence-electron chi connectivity index (χ0n) is 26.3. The van der Waals surface area contributed by atoms with Gasteiger partial charge in [0.15, 0.2) is 5.65 Å². The maximum atomic E-state index is 13.3. The van der Waals surface area contributed by atoms with Crippen LogP contribution in [0.1, 0.15) is 50.7 Å². The van der Waals surface area contributed by atoms with E-state index in [1.165, 1.54) is 6.08 Å². The van der Waals surface area contributed by atoms with E-state index in [9.17, 15) is 14.7 Å². The Kier molecular flexibility index (Phi) is 11.6. The van der Waals surface area contributed by atoms with Crippen LogP contribution in [-0.2, 0) is 20.9 Å². The number of ether oxygens (including phenoxy) is 1. The van der Waals surface area contributed by atoms with Crippen LogP contribution < -0.4 is 16.0 Å². The summed E-state index contributed by atoms with van der Waals surface area (Å²) in [6.45, 7) is 8.24. The molecular formula is C31H45N9O4. The molecule has 0 radical (unpaired) electrons. The van der Waals surface area contributed by atoms with Crippen LogP contribution in [0.25, 0.3) is 5.65 Å². The highest BCUT2D eigenvalue weighted by molar-refractivity contribution is 5.99. The van der Waals surface area contributed by atoms with Crippen LogP contribution in [0.2, 0.25) is 0 Å². The molecular weight excluding hydrogens is 562 g/mol. The maximum absolute atomic E-state index is 13.3. The van der Waals surface area contributed by atoms with Crippen molar-refractivity contribution in [2.24, 2.45) is 0 Å². The van der Waals surface area contributed by atoms with E-state index < -0.39 is 6.04 Å². The number of rotatable bonds is 14. The minimum absolute atomic E-state index is 0.0378. The highest BCUT2D eigenvalue weighted by Gasteiger charge is 2.32. The van der Waals surface area contributed by atoms with E-state index >= 15 is 0 Å². The number of carbonyl (C=O) groups is 2. The van der Waals surface area contributed by atoms with E-state index in [0.29, 0.717) is 55.9 Å². The van der Waals surface area contributed by atoms with Gasteiger partial charge in [0, 0.05) is 49.6 Å². The minimum Gasteiger partial charge on any atom is -0.396 e. The molecule has 2 atom stereocenters. The number of nitrogens with one attached hydrogen (secondary N) is 3. The number of likely N-dealkylation sites (N-methyl/N-ethyl adjacent to an activating group) is 1. The molecule has 2 amide bonds. The van der Waals surface area contributed by atoms with Crippen LogP contribution >= 0.6 is 0 Å². The largest absolute Gasteiger partial charge is 0.396 e. The van der Waals surface area contributed by atoms with Crippen molar-refractivity contribution in [3.63, 3.8) is 0 Å². The average molecular weight is 608 g/mol. The van der Waals surface area contributed by atoms with Gasteiger partial charge in [0.1, 0.15) is 6.04 Å². The molecule has 238 valence electrons. The molecule has 44 heavy (non-hydrogen) atoms. The number of anilines is 3. The van der Waals surface area contributed by atoms with Gasteiger partial charge in [0.2, 0.25) is 23.7 Å². The van der Waals surface area contributed by atoms with E-state index in [4.69, 9.17) is 14.7 Å². The van der Waals surface area contributed by atoms with Crippen LogP contribution in [0.15, 0.2) is 42.6 Å².